The molecule has 0 amide bonds. The van der Waals surface area contributed by atoms with Crippen LogP contribution in [-0.2, 0) is 16.1 Å². The molecule has 6 nitrogen and oxygen atoms in total. The molecule has 24 heavy (non-hydrogen) atoms. The monoisotopic (exact) mass is 328 g/mol. The summed E-state index contributed by atoms with van der Waals surface area (Å²) in [6.07, 6.45) is 0.616. The van der Waals surface area contributed by atoms with Gasteiger partial charge in [0.05, 0.1) is 32.0 Å². The van der Waals surface area contributed by atoms with Crippen LogP contribution in [0.3, 0.4) is 0 Å². The molecule has 0 saturated heterocycles. The first kappa shape index (κ1) is 17.4. The number of esters is 2. The SMILES string of the molecule is COC(=O)c1cc(CO)cc(-c2ccc(C(=O)OC)cc2C=O)c1. The molecule has 2 aromatic carbocycles. The zero-order chi connectivity index (χ0) is 17.7. The summed E-state index contributed by atoms with van der Waals surface area (Å²) in [4.78, 5) is 34.7. The summed E-state index contributed by atoms with van der Waals surface area (Å²) in [5.74, 6) is -1.10. The number of carbonyl (C=O) groups is 3. The summed E-state index contributed by atoms with van der Waals surface area (Å²) in [7, 11) is 2.51. The fourth-order valence-electron chi connectivity index (χ4n) is 2.34. The van der Waals surface area contributed by atoms with Crippen LogP contribution in [0.4, 0.5) is 0 Å². The van der Waals surface area contributed by atoms with Crippen LogP contribution < -0.4 is 0 Å². The summed E-state index contributed by atoms with van der Waals surface area (Å²) >= 11 is 0. The first-order valence-corrected chi connectivity index (χ1v) is 7.05. The van der Waals surface area contributed by atoms with Gasteiger partial charge in [0.1, 0.15) is 0 Å². The predicted molar refractivity (Wildman–Crippen MR) is 85.9 cm³/mol. The van der Waals surface area contributed by atoms with E-state index in [1.54, 1.807) is 18.2 Å². The van der Waals surface area contributed by atoms with Crippen molar-refractivity contribution < 1.29 is 29.0 Å². The first-order chi connectivity index (χ1) is 11.5. The molecule has 6 heteroatoms. The number of methoxy groups -OCH3 is 2. The molecular weight excluding hydrogens is 312 g/mol. The molecule has 1 N–H and O–H groups in total. The van der Waals surface area contributed by atoms with Gasteiger partial charge >= 0.3 is 11.9 Å². The maximum atomic E-state index is 11.8. The molecule has 2 aromatic rings. The van der Waals surface area contributed by atoms with Crippen molar-refractivity contribution in [3.8, 4) is 11.1 Å². The number of benzene rings is 2. The number of ether oxygens (including phenoxy) is 2. The molecule has 0 aliphatic carbocycles. The highest BCUT2D eigenvalue weighted by atomic mass is 16.5. The van der Waals surface area contributed by atoms with E-state index in [-0.39, 0.29) is 23.3 Å². The number of aliphatic hydroxyl groups excluding tert-OH is 1. The number of aliphatic hydroxyl groups is 1. The number of rotatable bonds is 5. The van der Waals surface area contributed by atoms with Crippen LogP contribution in [0.15, 0.2) is 36.4 Å². The highest BCUT2D eigenvalue weighted by Crippen LogP contribution is 2.27. The van der Waals surface area contributed by atoms with Crippen LogP contribution >= 0.6 is 0 Å². The Morgan fingerprint density at radius 1 is 1.00 bits per heavy atom. The van der Waals surface area contributed by atoms with Gasteiger partial charge in [0, 0.05) is 5.56 Å². The summed E-state index contributed by atoms with van der Waals surface area (Å²) in [5.41, 5.74) is 2.35. The largest absolute Gasteiger partial charge is 0.465 e. The van der Waals surface area contributed by atoms with Crippen molar-refractivity contribution in [1.82, 2.24) is 0 Å². The van der Waals surface area contributed by atoms with E-state index in [4.69, 9.17) is 4.74 Å². The van der Waals surface area contributed by atoms with Gasteiger partial charge in [0.2, 0.25) is 0 Å². The highest BCUT2D eigenvalue weighted by molar-refractivity contribution is 5.97. The quantitative estimate of drug-likeness (QED) is 0.669. The van der Waals surface area contributed by atoms with E-state index in [0.717, 1.165) is 0 Å². The highest BCUT2D eigenvalue weighted by Gasteiger charge is 2.14. The molecule has 0 unspecified atom stereocenters. The van der Waals surface area contributed by atoms with Gasteiger partial charge in [-0.05, 0) is 47.0 Å². The van der Waals surface area contributed by atoms with Crippen LogP contribution in [0.1, 0.15) is 36.6 Å². The van der Waals surface area contributed by atoms with E-state index in [2.05, 4.69) is 4.74 Å². The molecule has 0 radical (unpaired) electrons. The van der Waals surface area contributed by atoms with Crippen molar-refractivity contribution in [2.24, 2.45) is 0 Å². The van der Waals surface area contributed by atoms with E-state index >= 15 is 0 Å². The van der Waals surface area contributed by atoms with E-state index in [9.17, 15) is 19.5 Å². The standard InChI is InChI=1S/C18H16O6/c1-23-17(21)12-3-4-16(15(7-12)10-20)13-5-11(9-19)6-14(8-13)18(22)24-2/h3-8,10,19H,9H2,1-2H3. The Balaban J connectivity index is 2.60. The average molecular weight is 328 g/mol. The second-order valence-corrected chi connectivity index (χ2v) is 4.98. The summed E-state index contributed by atoms with van der Waals surface area (Å²) < 4.78 is 9.33. The van der Waals surface area contributed by atoms with Crippen LogP contribution in [0.2, 0.25) is 0 Å². The van der Waals surface area contributed by atoms with Gasteiger partial charge in [-0.15, -0.1) is 0 Å². The second kappa shape index (κ2) is 7.52. The maximum absolute atomic E-state index is 11.8. The Kier molecular flexibility index (Phi) is 5.44. The van der Waals surface area contributed by atoms with Crippen molar-refractivity contribution >= 4 is 18.2 Å². The lowest BCUT2D eigenvalue weighted by Crippen LogP contribution is -2.04. The molecule has 0 atom stereocenters. The molecule has 0 bridgehead atoms. The number of hydrogen-bond donors (Lipinski definition) is 1. The fraction of sp³-hybridized carbons (Fsp3) is 0.167. The lowest BCUT2D eigenvalue weighted by Gasteiger charge is -2.11. The van der Waals surface area contributed by atoms with Crippen molar-refractivity contribution in [1.29, 1.82) is 0 Å². The molecule has 0 aliphatic rings. The van der Waals surface area contributed by atoms with Crippen molar-refractivity contribution in [2.45, 2.75) is 6.61 Å². The van der Waals surface area contributed by atoms with Crippen LogP contribution in [0.5, 0.6) is 0 Å². The van der Waals surface area contributed by atoms with E-state index in [0.29, 0.717) is 23.0 Å². The Hall–Kier alpha value is -2.99. The van der Waals surface area contributed by atoms with Crippen molar-refractivity contribution in [2.75, 3.05) is 14.2 Å². The van der Waals surface area contributed by atoms with Gasteiger partial charge in [-0.1, -0.05) is 6.07 Å². The fourth-order valence-corrected chi connectivity index (χ4v) is 2.34. The Morgan fingerprint density at radius 3 is 2.25 bits per heavy atom. The second-order valence-electron chi connectivity index (χ2n) is 4.98. The van der Waals surface area contributed by atoms with E-state index in [1.807, 2.05) is 0 Å². The Bertz CT molecular complexity index is 794. The molecule has 0 heterocycles. The molecule has 2 rings (SSSR count). The van der Waals surface area contributed by atoms with E-state index < -0.39 is 11.9 Å². The number of aldehydes is 1. The van der Waals surface area contributed by atoms with Crippen molar-refractivity contribution in [3.05, 3.63) is 58.7 Å². The van der Waals surface area contributed by atoms with Gasteiger partial charge in [0.15, 0.2) is 6.29 Å². The minimum absolute atomic E-state index is 0.245. The molecular formula is C18H16O6. The number of carbonyl (C=O) groups excluding carboxylic acids is 3. The minimum Gasteiger partial charge on any atom is -0.465 e. The molecule has 0 aromatic heterocycles. The van der Waals surface area contributed by atoms with Crippen molar-refractivity contribution in [3.63, 3.8) is 0 Å². The average Bonchev–Trinajstić information content (AvgIpc) is 2.65. The van der Waals surface area contributed by atoms with Crippen LogP contribution in [0.25, 0.3) is 11.1 Å². The summed E-state index contributed by atoms with van der Waals surface area (Å²) in [5, 5.41) is 9.38. The Labute approximate surface area is 138 Å². The molecule has 0 aliphatic heterocycles. The molecule has 0 saturated carbocycles. The maximum Gasteiger partial charge on any atom is 0.337 e. The van der Waals surface area contributed by atoms with Gasteiger partial charge in [-0.3, -0.25) is 4.79 Å². The lowest BCUT2D eigenvalue weighted by atomic mass is 9.95. The molecule has 0 spiro atoms. The number of hydrogen-bond acceptors (Lipinski definition) is 6. The minimum atomic E-state index is -0.552. The predicted octanol–water partition coefficient (Wildman–Crippen LogP) is 2.23. The third-order valence-corrected chi connectivity index (χ3v) is 3.51. The van der Waals surface area contributed by atoms with Gasteiger partial charge in [-0.25, -0.2) is 9.59 Å². The third kappa shape index (κ3) is 3.49. The molecule has 124 valence electrons. The van der Waals surface area contributed by atoms with Gasteiger partial charge < -0.3 is 14.6 Å². The first-order valence-electron chi connectivity index (χ1n) is 7.05. The van der Waals surface area contributed by atoms with Gasteiger partial charge in [-0.2, -0.15) is 0 Å². The smallest absolute Gasteiger partial charge is 0.337 e. The summed E-state index contributed by atoms with van der Waals surface area (Å²) in [6.45, 7) is -0.269. The normalized spacial score (nSPS) is 10.1. The van der Waals surface area contributed by atoms with Crippen LogP contribution in [-0.4, -0.2) is 37.6 Å². The lowest BCUT2D eigenvalue weighted by molar-refractivity contribution is 0.0592. The zero-order valence-corrected chi connectivity index (χ0v) is 13.2. The molecule has 0 fully saturated rings. The van der Waals surface area contributed by atoms with Gasteiger partial charge in [0.25, 0.3) is 0 Å². The zero-order valence-electron chi connectivity index (χ0n) is 13.2. The van der Waals surface area contributed by atoms with Crippen LogP contribution in [0, 0.1) is 0 Å². The summed E-state index contributed by atoms with van der Waals surface area (Å²) in [6, 6.07) is 9.26. The Morgan fingerprint density at radius 2 is 1.67 bits per heavy atom. The van der Waals surface area contributed by atoms with E-state index in [1.165, 1.54) is 32.4 Å². The third-order valence-electron chi connectivity index (χ3n) is 3.51. The topological polar surface area (TPSA) is 89.9 Å².